The number of para-hydroxylation sites is 1. The maximum Gasteiger partial charge on any atom is 0.276 e. The lowest BCUT2D eigenvalue weighted by Gasteiger charge is -2.05. The predicted molar refractivity (Wildman–Crippen MR) is 88.1 cm³/mol. The van der Waals surface area contributed by atoms with Gasteiger partial charge in [-0.1, -0.05) is 17.3 Å². The van der Waals surface area contributed by atoms with Gasteiger partial charge >= 0.3 is 0 Å². The summed E-state index contributed by atoms with van der Waals surface area (Å²) in [5.74, 6) is -0.0208. The Kier molecular flexibility index (Phi) is 3.27. The molecule has 3 aromatic heterocycles. The fraction of sp³-hybridized carbons (Fsp3) is 0.0625. The van der Waals surface area contributed by atoms with Gasteiger partial charge in [0.1, 0.15) is 5.82 Å². The number of carbonyl (C=O) groups excluding carboxylic acids is 1. The van der Waals surface area contributed by atoms with Crippen molar-refractivity contribution in [2.45, 2.75) is 6.54 Å². The van der Waals surface area contributed by atoms with Crippen molar-refractivity contribution in [2.24, 2.45) is 0 Å². The first kappa shape index (κ1) is 14.1. The first-order valence-electron chi connectivity index (χ1n) is 7.31. The van der Waals surface area contributed by atoms with E-state index in [4.69, 9.17) is 5.73 Å². The van der Waals surface area contributed by atoms with Crippen LogP contribution in [0.4, 0.5) is 5.82 Å². The quantitative estimate of drug-likeness (QED) is 0.586. The molecule has 0 unspecified atom stereocenters. The van der Waals surface area contributed by atoms with Gasteiger partial charge in [-0.2, -0.15) is 4.52 Å². The average molecular weight is 319 g/mol. The molecule has 0 spiro atoms. The fourth-order valence-electron chi connectivity index (χ4n) is 2.50. The van der Waals surface area contributed by atoms with Gasteiger partial charge in [0, 0.05) is 24.3 Å². The zero-order valence-corrected chi connectivity index (χ0v) is 12.5. The van der Waals surface area contributed by atoms with Crippen LogP contribution in [0, 0.1) is 0 Å². The van der Waals surface area contributed by atoms with Gasteiger partial charge < -0.3 is 11.1 Å². The van der Waals surface area contributed by atoms with Gasteiger partial charge in [-0.25, -0.2) is 4.98 Å². The molecule has 0 saturated carbocycles. The Labute approximate surface area is 136 Å². The van der Waals surface area contributed by atoms with Crippen LogP contribution in [0.2, 0.25) is 0 Å². The standard InChI is InChI=1S/C16H13N7O/c17-14-11-3-1-2-4-12(11)23-15(20-14)13(21-22-23)16(24)19-9-10-5-7-18-8-6-10/h1-8H,9H2,(H2,17,20)(H,19,24). The number of benzene rings is 1. The van der Waals surface area contributed by atoms with E-state index in [1.165, 1.54) is 4.52 Å². The van der Waals surface area contributed by atoms with Crippen molar-refractivity contribution >= 4 is 28.3 Å². The fourth-order valence-corrected chi connectivity index (χ4v) is 2.50. The van der Waals surface area contributed by atoms with Crippen LogP contribution in [0.25, 0.3) is 16.6 Å². The van der Waals surface area contributed by atoms with E-state index in [9.17, 15) is 4.79 Å². The van der Waals surface area contributed by atoms with E-state index in [2.05, 4.69) is 25.6 Å². The Morgan fingerprint density at radius 3 is 2.79 bits per heavy atom. The number of nitrogen functional groups attached to an aromatic ring is 1. The second-order valence-electron chi connectivity index (χ2n) is 5.23. The number of rotatable bonds is 3. The summed E-state index contributed by atoms with van der Waals surface area (Å²) >= 11 is 0. The van der Waals surface area contributed by atoms with E-state index in [0.717, 1.165) is 16.5 Å². The van der Waals surface area contributed by atoms with Crippen LogP contribution >= 0.6 is 0 Å². The van der Waals surface area contributed by atoms with Crippen molar-refractivity contribution in [2.75, 3.05) is 5.73 Å². The molecule has 24 heavy (non-hydrogen) atoms. The highest BCUT2D eigenvalue weighted by Gasteiger charge is 2.18. The second kappa shape index (κ2) is 5.58. The smallest absolute Gasteiger partial charge is 0.276 e. The van der Waals surface area contributed by atoms with Crippen molar-refractivity contribution < 1.29 is 4.79 Å². The first-order valence-corrected chi connectivity index (χ1v) is 7.31. The van der Waals surface area contributed by atoms with E-state index in [1.807, 2.05) is 36.4 Å². The number of anilines is 1. The Morgan fingerprint density at radius 2 is 1.96 bits per heavy atom. The summed E-state index contributed by atoms with van der Waals surface area (Å²) in [6, 6.07) is 11.1. The molecular weight excluding hydrogens is 306 g/mol. The molecule has 8 nitrogen and oxygen atoms in total. The number of carbonyl (C=O) groups is 1. The van der Waals surface area contributed by atoms with Crippen molar-refractivity contribution in [1.82, 2.24) is 30.1 Å². The van der Waals surface area contributed by atoms with Crippen molar-refractivity contribution in [1.29, 1.82) is 0 Å². The predicted octanol–water partition coefficient (Wildman–Crippen LogP) is 1.18. The number of pyridine rings is 1. The third-order valence-corrected chi connectivity index (χ3v) is 3.70. The van der Waals surface area contributed by atoms with Gasteiger partial charge in [0.25, 0.3) is 5.91 Å². The Balaban J connectivity index is 1.71. The van der Waals surface area contributed by atoms with Crippen LogP contribution in [0.1, 0.15) is 16.1 Å². The van der Waals surface area contributed by atoms with Crippen molar-refractivity contribution in [3.8, 4) is 0 Å². The number of nitrogens with zero attached hydrogens (tertiary/aromatic N) is 5. The first-order chi connectivity index (χ1) is 11.7. The lowest BCUT2D eigenvalue weighted by atomic mass is 10.2. The molecule has 0 saturated heterocycles. The molecule has 3 N–H and O–H groups in total. The molecule has 118 valence electrons. The van der Waals surface area contributed by atoms with Gasteiger partial charge in [0.15, 0.2) is 11.3 Å². The summed E-state index contributed by atoms with van der Waals surface area (Å²) in [6.45, 7) is 0.365. The minimum atomic E-state index is -0.357. The number of hydrogen-bond donors (Lipinski definition) is 2. The van der Waals surface area contributed by atoms with Crippen LogP contribution in [-0.2, 0) is 6.54 Å². The minimum absolute atomic E-state index is 0.140. The normalized spacial score (nSPS) is 11.0. The minimum Gasteiger partial charge on any atom is -0.383 e. The van der Waals surface area contributed by atoms with Gasteiger partial charge in [-0.05, 0) is 29.8 Å². The molecule has 0 fully saturated rings. The van der Waals surface area contributed by atoms with Crippen LogP contribution in [0.5, 0.6) is 0 Å². The molecule has 8 heteroatoms. The molecule has 0 aliphatic heterocycles. The molecule has 4 rings (SSSR count). The van der Waals surface area contributed by atoms with E-state index >= 15 is 0 Å². The number of nitrogens with one attached hydrogen (secondary N) is 1. The Bertz CT molecular complexity index is 1040. The highest BCUT2D eigenvalue weighted by molar-refractivity contribution is 6.00. The third kappa shape index (κ3) is 2.30. The summed E-state index contributed by atoms with van der Waals surface area (Å²) in [4.78, 5) is 20.6. The average Bonchev–Trinajstić information content (AvgIpc) is 3.05. The van der Waals surface area contributed by atoms with Gasteiger partial charge in [-0.3, -0.25) is 9.78 Å². The molecule has 1 aromatic carbocycles. The molecule has 1 amide bonds. The summed E-state index contributed by atoms with van der Waals surface area (Å²) in [5.41, 5.74) is 8.16. The highest BCUT2D eigenvalue weighted by Crippen LogP contribution is 2.21. The van der Waals surface area contributed by atoms with Crippen LogP contribution in [0.15, 0.2) is 48.8 Å². The Morgan fingerprint density at radius 1 is 1.17 bits per heavy atom. The van der Waals surface area contributed by atoms with Gasteiger partial charge in [0.05, 0.1) is 5.52 Å². The van der Waals surface area contributed by atoms with E-state index in [1.54, 1.807) is 12.4 Å². The monoisotopic (exact) mass is 319 g/mol. The molecule has 4 aromatic rings. The number of hydrogen-bond acceptors (Lipinski definition) is 6. The number of amides is 1. The van der Waals surface area contributed by atoms with Crippen LogP contribution in [0.3, 0.4) is 0 Å². The zero-order chi connectivity index (χ0) is 16.5. The van der Waals surface area contributed by atoms with Crippen molar-refractivity contribution in [3.05, 3.63) is 60.0 Å². The molecule has 3 heterocycles. The van der Waals surface area contributed by atoms with Gasteiger partial charge in [0.2, 0.25) is 0 Å². The SMILES string of the molecule is Nc1nc2c(C(=O)NCc3ccncc3)nnn2c2ccccc12. The van der Waals surface area contributed by atoms with E-state index < -0.39 is 0 Å². The number of fused-ring (bicyclic) bond motifs is 3. The summed E-state index contributed by atoms with van der Waals surface area (Å²) in [6.07, 6.45) is 3.34. The van der Waals surface area contributed by atoms with Crippen molar-refractivity contribution in [3.63, 3.8) is 0 Å². The number of nitrogens with two attached hydrogens (primary N) is 1. The molecule has 0 aliphatic rings. The summed E-state index contributed by atoms with van der Waals surface area (Å²) < 4.78 is 1.52. The van der Waals surface area contributed by atoms with E-state index in [0.29, 0.717) is 18.0 Å². The third-order valence-electron chi connectivity index (χ3n) is 3.70. The maximum absolute atomic E-state index is 12.4. The summed E-state index contributed by atoms with van der Waals surface area (Å²) in [5, 5.41) is 11.6. The summed E-state index contributed by atoms with van der Waals surface area (Å²) in [7, 11) is 0. The van der Waals surface area contributed by atoms with Gasteiger partial charge in [-0.15, -0.1) is 5.10 Å². The van der Waals surface area contributed by atoms with Crippen LogP contribution < -0.4 is 11.1 Å². The molecular formula is C16H13N7O. The molecule has 0 bridgehead atoms. The molecule has 0 radical (unpaired) electrons. The second-order valence-corrected chi connectivity index (χ2v) is 5.23. The zero-order valence-electron chi connectivity index (χ0n) is 12.5. The largest absolute Gasteiger partial charge is 0.383 e. The van der Waals surface area contributed by atoms with Crippen LogP contribution in [-0.4, -0.2) is 30.7 Å². The lowest BCUT2D eigenvalue weighted by molar-refractivity contribution is 0.0947. The maximum atomic E-state index is 12.4. The molecule has 0 atom stereocenters. The topological polar surface area (TPSA) is 111 Å². The van der Waals surface area contributed by atoms with E-state index in [-0.39, 0.29) is 11.6 Å². The Hall–Kier alpha value is -3.55. The highest BCUT2D eigenvalue weighted by atomic mass is 16.2. The molecule has 0 aliphatic carbocycles. The number of aromatic nitrogens is 5. The lowest BCUT2D eigenvalue weighted by Crippen LogP contribution is -2.23.